The minimum atomic E-state index is -0.262. The van der Waals surface area contributed by atoms with Gasteiger partial charge < -0.3 is 5.11 Å². The molecule has 82 valence electrons. The van der Waals surface area contributed by atoms with E-state index in [9.17, 15) is 9.50 Å². The van der Waals surface area contributed by atoms with E-state index in [2.05, 4.69) is 15.9 Å². The molecule has 0 amide bonds. The van der Waals surface area contributed by atoms with Gasteiger partial charge in [0.2, 0.25) is 0 Å². The topological polar surface area (TPSA) is 20.2 Å². The first-order chi connectivity index (χ1) is 7.16. The zero-order valence-corrected chi connectivity index (χ0v) is 10.0. The van der Waals surface area contributed by atoms with E-state index in [0.717, 1.165) is 29.3 Å². The van der Waals surface area contributed by atoms with Crippen molar-refractivity contribution in [3.05, 3.63) is 34.1 Å². The van der Waals surface area contributed by atoms with Crippen LogP contribution in [0.2, 0.25) is 0 Å². The van der Waals surface area contributed by atoms with E-state index in [-0.39, 0.29) is 17.8 Å². The molecular weight excluding hydrogens is 259 g/mol. The molecule has 1 nitrogen and oxygen atoms in total. The van der Waals surface area contributed by atoms with Crippen molar-refractivity contribution < 1.29 is 9.50 Å². The van der Waals surface area contributed by atoms with Crippen molar-refractivity contribution in [2.45, 2.75) is 37.7 Å². The highest BCUT2D eigenvalue weighted by Crippen LogP contribution is 2.35. The van der Waals surface area contributed by atoms with Gasteiger partial charge in [-0.2, -0.15) is 0 Å². The van der Waals surface area contributed by atoms with E-state index >= 15 is 0 Å². The number of benzene rings is 1. The molecule has 0 spiro atoms. The minimum absolute atomic E-state index is 0.155. The summed E-state index contributed by atoms with van der Waals surface area (Å²) in [5, 5.41) is 9.57. The molecule has 1 saturated carbocycles. The van der Waals surface area contributed by atoms with Gasteiger partial charge >= 0.3 is 0 Å². The van der Waals surface area contributed by atoms with Crippen LogP contribution in [0.25, 0.3) is 0 Å². The maximum atomic E-state index is 13.6. The highest BCUT2D eigenvalue weighted by molar-refractivity contribution is 9.10. The summed E-state index contributed by atoms with van der Waals surface area (Å²) in [6.07, 6.45) is 3.24. The summed E-state index contributed by atoms with van der Waals surface area (Å²) in [6, 6.07) is 5.02. The van der Waals surface area contributed by atoms with Crippen LogP contribution >= 0.6 is 15.9 Å². The number of rotatable bonds is 1. The Morgan fingerprint density at radius 3 is 2.87 bits per heavy atom. The van der Waals surface area contributed by atoms with Crippen LogP contribution in [0.4, 0.5) is 4.39 Å². The average molecular weight is 273 g/mol. The molecular formula is C12H14BrFO. The molecule has 1 aromatic rings. The third-order valence-corrected chi connectivity index (χ3v) is 3.54. The van der Waals surface area contributed by atoms with Crippen LogP contribution < -0.4 is 0 Å². The third kappa shape index (κ3) is 2.58. The van der Waals surface area contributed by atoms with Crippen molar-refractivity contribution in [1.82, 2.24) is 0 Å². The summed E-state index contributed by atoms with van der Waals surface area (Å²) < 4.78 is 14.5. The minimum Gasteiger partial charge on any atom is -0.393 e. The van der Waals surface area contributed by atoms with Crippen molar-refractivity contribution in [3.63, 3.8) is 0 Å². The second kappa shape index (κ2) is 4.62. The molecule has 1 aliphatic carbocycles. The first-order valence-electron chi connectivity index (χ1n) is 5.30. The maximum absolute atomic E-state index is 13.6. The molecule has 0 heterocycles. The van der Waals surface area contributed by atoms with Crippen molar-refractivity contribution in [2.75, 3.05) is 0 Å². The predicted octanol–water partition coefficient (Wildman–Crippen LogP) is 3.61. The zero-order valence-electron chi connectivity index (χ0n) is 8.42. The lowest BCUT2D eigenvalue weighted by atomic mass is 9.82. The molecule has 1 aromatic carbocycles. The fraction of sp³-hybridized carbons (Fsp3) is 0.500. The summed E-state index contributed by atoms with van der Waals surface area (Å²) in [4.78, 5) is 0. The van der Waals surface area contributed by atoms with Gasteiger partial charge in [0.1, 0.15) is 5.82 Å². The van der Waals surface area contributed by atoms with Gasteiger partial charge in [0.25, 0.3) is 0 Å². The molecule has 0 bridgehead atoms. The fourth-order valence-electron chi connectivity index (χ4n) is 2.27. The molecule has 2 rings (SSSR count). The summed E-state index contributed by atoms with van der Waals surface area (Å²) in [5.41, 5.74) is 0.739. The van der Waals surface area contributed by atoms with Crippen LogP contribution in [0.1, 0.15) is 37.2 Å². The molecule has 2 unspecified atom stereocenters. The quantitative estimate of drug-likeness (QED) is 0.828. The second-order valence-electron chi connectivity index (χ2n) is 4.18. The van der Waals surface area contributed by atoms with Crippen LogP contribution in [0.15, 0.2) is 22.7 Å². The van der Waals surface area contributed by atoms with E-state index in [4.69, 9.17) is 0 Å². The first-order valence-corrected chi connectivity index (χ1v) is 6.09. The van der Waals surface area contributed by atoms with Gasteiger partial charge in [0.05, 0.1) is 6.10 Å². The Morgan fingerprint density at radius 1 is 1.33 bits per heavy atom. The molecule has 0 aromatic heterocycles. The number of aliphatic hydroxyl groups is 1. The monoisotopic (exact) mass is 272 g/mol. The lowest BCUT2D eigenvalue weighted by molar-refractivity contribution is 0.119. The number of halogens is 2. The summed E-state index contributed by atoms with van der Waals surface area (Å²) in [5.74, 6) is 0.0172. The Balaban J connectivity index is 2.24. The number of hydrogen-bond donors (Lipinski definition) is 1. The molecule has 1 fully saturated rings. The zero-order chi connectivity index (χ0) is 10.8. The van der Waals surface area contributed by atoms with Gasteiger partial charge in [0.15, 0.2) is 0 Å². The van der Waals surface area contributed by atoms with Gasteiger partial charge in [-0.25, -0.2) is 4.39 Å². The van der Waals surface area contributed by atoms with Crippen LogP contribution in [0, 0.1) is 5.82 Å². The number of aliphatic hydroxyl groups excluding tert-OH is 1. The fourth-order valence-corrected chi connectivity index (χ4v) is 2.65. The van der Waals surface area contributed by atoms with Crippen LogP contribution in [-0.4, -0.2) is 11.2 Å². The highest BCUT2D eigenvalue weighted by Gasteiger charge is 2.23. The Kier molecular flexibility index (Phi) is 3.42. The molecule has 1 N–H and O–H groups in total. The van der Waals surface area contributed by atoms with E-state index in [0.29, 0.717) is 6.42 Å². The van der Waals surface area contributed by atoms with E-state index in [1.807, 2.05) is 6.07 Å². The molecule has 0 radical (unpaired) electrons. The van der Waals surface area contributed by atoms with Gasteiger partial charge in [0, 0.05) is 4.47 Å². The lowest BCUT2D eigenvalue weighted by Crippen LogP contribution is -2.18. The molecule has 3 heteroatoms. The maximum Gasteiger partial charge on any atom is 0.126 e. The molecule has 1 aliphatic rings. The largest absolute Gasteiger partial charge is 0.393 e. The molecule has 0 aliphatic heterocycles. The Morgan fingerprint density at radius 2 is 2.13 bits per heavy atom. The van der Waals surface area contributed by atoms with Crippen molar-refractivity contribution in [3.8, 4) is 0 Å². The lowest BCUT2D eigenvalue weighted by Gasteiger charge is -2.26. The highest BCUT2D eigenvalue weighted by atomic mass is 79.9. The van der Waals surface area contributed by atoms with Crippen molar-refractivity contribution in [1.29, 1.82) is 0 Å². The van der Waals surface area contributed by atoms with Crippen LogP contribution in [0.3, 0.4) is 0 Å². The summed E-state index contributed by atoms with van der Waals surface area (Å²) in [7, 11) is 0. The molecule has 15 heavy (non-hydrogen) atoms. The Bertz CT molecular complexity index is 353. The van der Waals surface area contributed by atoms with E-state index in [1.54, 1.807) is 6.07 Å². The van der Waals surface area contributed by atoms with Gasteiger partial charge in [-0.15, -0.1) is 0 Å². The van der Waals surface area contributed by atoms with Crippen molar-refractivity contribution in [2.24, 2.45) is 0 Å². The first kappa shape index (κ1) is 11.1. The van der Waals surface area contributed by atoms with Crippen LogP contribution in [-0.2, 0) is 0 Å². The summed E-state index contributed by atoms with van der Waals surface area (Å²) in [6.45, 7) is 0. The Labute approximate surface area is 97.4 Å². The summed E-state index contributed by atoms with van der Waals surface area (Å²) >= 11 is 3.35. The van der Waals surface area contributed by atoms with Crippen molar-refractivity contribution >= 4 is 15.9 Å². The predicted molar refractivity (Wildman–Crippen MR) is 61.3 cm³/mol. The molecule has 2 atom stereocenters. The smallest absolute Gasteiger partial charge is 0.126 e. The van der Waals surface area contributed by atoms with E-state index in [1.165, 1.54) is 6.07 Å². The van der Waals surface area contributed by atoms with E-state index < -0.39 is 0 Å². The van der Waals surface area contributed by atoms with Gasteiger partial charge in [-0.3, -0.25) is 0 Å². The Hall–Kier alpha value is -0.410. The SMILES string of the molecule is OC1CCCC(c2cc(Br)ccc2F)C1. The second-order valence-corrected chi connectivity index (χ2v) is 5.10. The molecule has 0 saturated heterocycles. The van der Waals surface area contributed by atoms with Crippen LogP contribution in [0.5, 0.6) is 0 Å². The normalized spacial score (nSPS) is 26.6. The average Bonchev–Trinajstić information content (AvgIpc) is 2.22. The number of hydrogen-bond acceptors (Lipinski definition) is 1. The standard InChI is InChI=1S/C12H14BrFO/c13-9-4-5-12(14)11(7-9)8-2-1-3-10(15)6-8/h4-5,7-8,10,15H,1-3,6H2. The third-order valence-electron chi connectivity index (χ3n) is 3.04. The van der Waals surface area contributed by atoms with Gasteiger partial charge in [-0.05, 0) is 48.9 Å². The van der Waals surface area contributed by atoms with Gasteiger partial charge in [-0.1, -0.05) is 22.4 Å².